The van der Waals surface area contributed by atoms with Gasteiger partial charge in [0.25, 0.3) is 0 Å². The van der Waals surface area contributed by atoms with Crippen LogP contribution in [0.2, 0.25) is 0 Å². The molecule has 15 heteroatoms. The molecule has 4 heterocycles. The number of hydrazine groups is 1. The number of carbonyl (C=O) groups excluding carboxylic acids is 1. The maximum Gasteiger partial charge on any atom is 0.421 e. The topological polar surface area (TPSA) is 115 Å². The van der Waals surface area contributed by atoms with Gasteiger partial charge >= 0.3 is 12.4 Å². The van der Waals surface area contributed by atoms with E-state index in [4.69, 9.17) is 10.5 Å². The van der Waals surface area contributed by atoms with Gasteiger partial charge in [-0.2, -0.15) is 26.3 Å². The molecule has 5 rings (SSSR count). The molecule has 6 unspecified atom stereocenters. The number of rotatable bonds is 1. The monoisotopic (exact) mass is 572 g/mol. The van der Waals surface area contributed by atoms with E-state index < -0.39 is 67.3 Å². The van der Waals surface area contributed by atoms with Crippen molar-refractivity contribution < 1.29 is 41.0 Å². The molecule has 5 aliphatic rings. The second kappa shape index (κ2) is 10.2. The van der Waals surface area contributed by atoms with Crippen molar-refractivity contribution in [2.24, 2.45) is 17.1 Å². The van der Waals surface area contributed by atoms with Crippen molar-refractivity contribution in [1.29, 1.82) is 0 Å². The highest BCUT2D eigenvalue weighted by molar-refractivity contribution is 5.74. The van der Waals surface area contributed by atoms with Crippen LogP contribution < -0.4 is 21.9 Å². The Hall–Kier alpha value is -1.23. The van der Waals surface area contributed by atoms with Gasteiger partial charge in [0.15, 0.2) is 6.23 Å². The van der Waals surface area contributed by atoms with Gasteiger partial charge in [-0.3, -0.25) is 9.69 Å². The molecule has 1 amide bonds. The Labute approximate surface area is 223 Å². The van der Waals surface area contributed by atoms with Crippen molar-refractivity contribution in [3.05, 3.63) is 0 Å². The van der Waals surface area contributed by atoms with E-state index in [9.17, 15) is 36.2 Å². The van der Waals surface area contributed by atoms with Gasteiger partial charge in [-0.15, -0.1) is 0 Å². The third-order valence-electron chi connectivity index (χ3n) is 9.48. The summed E-state index contributed by atoms with van der Waals surface area (Å²) < 4.78 is 90.0. The first-order valence-corrected chi connectivity index (χ1v) is 13.7. The molecule has 6 N–H and O–H groups in total. The molecule has 4 bridgehead atoms. The second-order valence-corrected chi connectivity index (χ2v) is 12.2. The van der Waals surface area contributed by atoms with Crippen molar-refractivity contribution in [2.45, 2.75) is 106 Å². The van der Waals surface area contributed by atoms with Crippen molar-refractivity contribution in [1.82, 2.24) is 26.0 Å². The van der Waals surface area contributed by atoms with E-state index in [1.165, 1.54) is 6.92 Å². The Morgan fingerprint density at radius 1 is 1.08 bits per heavy atom. The second-order valence-electron chi connectivity index (χ2n) is 12.2. The predicted octanol–water partition coefficient (Wildman–Crippen LogP) is 1.18. The molecule has 7 atom stereocenters. The molecular formula is C24H38F6N6O3. The van der Waals surface area contributed by atoms with Crippen LogP contribution in [0.15, 0.2) is 0 Å². The first kappa shape index (κ1) is 29.3. The van der Waals surface area contributed by atoms with Crippen molar-refractivity contribution >= 4 is 5.91 Å². The molecule has 1 spiro atoms. The standard InChI is InChI=1S/C24H38F6N6O3/c1-13(37)36-11-21(12-36)8-14(9-21)35-6-4-2-3-5-22(38,24(28,29)30)20-34-33-19(39-20)18-16(31)7-15(23(25,26)27)17(10-35)32-18/h14-20,32-34,38H,2-12,31H2,1H3/t15?,16?,17?,18?,19?,20?,22-/m1/s1. The lowest BCUT2D eigenvalue weighted by Crippen LogP contribution is -2.70. The van der Waals surface area contributed by atoms with Gasteiger partial charge in [0.05, 0.1) is 12.0 Å². The molecule has 224 valence electrons. The molecule has 1 saturated carbocycles. The van der Waals surface area contributed by atoms with Gasteiger partial charge in [-0.1, -0.05) is 12.8 Å². The number of halogens is 6. The van der Waals surface area contributed by atoms with Crippen molar-refractivity contribution in [3.63, 3.8) is 0 Å². The number of likely N-dealkylation sites (tertiary alicyclic amines) is 1. The SMILES string of the molecule is CC(=O)N1CC2(CC(N3CCCCC[C@](O)(C(F)(F)F)C4NNC(O4)C4NC(C3)C(C(F)(F)F)CC4N)C2)C1. The number of nitrogens with one attached hydrogen (secondary N) is 3. The molecule has 9 nitrogen and oxygen atoms in total. The van der Waals surface area contributed by atoms with Crippen LogP contribution in [0.5, 0.6) is 0 Å². The van der Waals surface area contributed by atoms with Crippen LogP contribution in [0.25, 0.3) is 0 Å². The Kier molecular flexibility index (Phi) is 7.69. The van der Waals surface area contributed by atoms with E-state index in [1.54, 1.807) is 4.90 Å². The summed E-state index contributed by atoms with van der Waals surface area (Å²) in [6.07, 6.45) is -11.1. The number of piperidine rings is 1. The maximum absolute atomic E-state index is 14.2. The van der Waals surface area contributed by atoms with Gasteiger partial charge in [-0.05, 0) is 38.6 Å². The molecule has 4 saturated heterocycles. The van der Waals surface area contributed by atoms with Crippen LogP contribution >= 0.6 is 0 Å². The summed E-state index contributed by atoms with van der Waals surface area (Å²) in [7, 11) is 0. The number of fused-ring (bicyclic) bond motifs is 5. The fourth-order valence-electron chi connectivity index (χ4n) is 7.15. The van der Waals surface area contributed by atoms with E-state index in [-0.39, 0.29) is 30.3 Å². The Morgan fingerprint density at radius 3 is 2.38 bits per heavy atom. The highest BCUT2D eigenvalue weighted by Gasteiger charge is 2.62. The molecular weight excluding hydrogens is 534 g/mol. The summed E-state index contributed by atoms with van der Waals surface area (Å²) >= 11 is 0. The van der Waals surface area contributed by atoms with Gasteiger partial charge in [0.2, 0.25) is 11.5 Å². The molecule has 5 fully saturated rings. The lowest BCUT2D eigenvalue weighted by atomic mass is 9.60. The first-order valence-electron chi connectivity index (χ1n) is 13.7. The summed E-state index contributed by atoms with van der Waals surface area (Å²) in [6.45, 7) is 3.34. The summed E-state index contributed by atoms with van der Waals surface area (Å²) in [5.41, 5.74) is 7.91. The van der Waals surface area contributed by atoms with Gasteiger partial charge < -0.3 is 25.8 Å². The number of nitrogens with zero attached hydrogens (tertiary/aromatic N) is 2. The minimum Gasteiger partial charge on any atom is -0.377 e. The van der Waals surface area contributed by atoms with E-state index in [0.29, 0.717) is 32.5 Å². The summed E-state index contributed by atoms with van der Waals surface area (Å²) in [5, 5.41) is 13.7. The van der Waals surface area contributed by atoms with Crippen LogP contribution in [0.1, 0.15) is 51.9 Å². The van der Waals surface area contributed by atoms with E-state index in [0.717, 1.165) is 12.8 Å². The minimum atomic E-state index is -4.99. The summed E-state index contributed by atoms with van der Waals surface area (Å²) in [5.74, 6) is -1.73. The fraction of sp³-hybridized carbons (Fsp3) is 0.958. The van der Waals surface area contributed by atoms with Crippen molar-refractivity contribution in [3.8, 4) is 0 Å². The number of hydrogen-bond acceptors (Lipinski definition) is 8. The third-order valence-corrected chi connectivity index (χ3v) is 9.48. The molecule has 1 aliphatic carbocycles. The predicted molar refractivity (Wildman–Crippen MR) is 127 cm³/mol. The van der Waals surface area contributed by atoms with E-state index in [2.05, 4.69) is 16.2 Å². The number of hydrogen-bond donors (Lipinski definition) is 5. The molecule has 0 radical (unpaired) electrons. The zero-order chi connectivity index (χ0) is 28.4. The largest absolute Gasteiger partial charge is 0.421 e. The molecule has 4 aliphatic heterocycles. The van der Waals surface area contributed by atoms with E-state index >= 15 is 0 Å². The van der Waals surface area contributed by atoms with Crippen LogP contribution in [0, 0.1) is 11.3 Å². The number of carbonyl (C=O) groups is 1. The smallest absolute Gasteiger partial charge is 0.377 e. The number of ether oxygens (including phenoxy) is 1. The Morgan fingerprint density at radius 2 is 1.77 bits per heavy atom. The normalized spacial score (nSPS) is 40.6. The first-order chi connectivity index (χ1) is 18.1. The maximum atomic E-state index is 14.2. The summed E-state index contributed by atoms with van der Waals surface area (Å²) in [6, 6.07) is -2.99. The fourth-order valence-corrected chi connectivity index (χ4v) is 7.15. The zero-order valence-electron chi connectivity index (χ0n) is 21.8. The van der Waals surface area contributed by atoms with Crippen LogP contribution in [-0.4, -0.2) is 102 Å². The van der Waals surface area contributed by atoms with E-state index in [1.807, 2.05) is 4.90 Å². The van der Waals surface area contributed by atoms with Crippen molar-refractivity contribution in [2.75, 3.05) is 26.2 Å². The lowest BCUT2D eigenvalue weighted by Gasteiger charge is -2.61. The summed E-state index contributed by atoms with van der Waals surface area (Å²) in [4.78, 5) is 15.4. The molecule has 0 aromatic carbocycles. The third kappa shape index (κ3) is 5.52. The lowest BCUT2D eigenvalue weighted by molar-refractivity contribution is -0.300. The van der Waals surface area contributed by atoms with Gasteiger partial charge in [-0.25, -0.2) is 10.9 Å². The highest BCUT2D eigenvalue weighted by Crippen LogP contribution is 2.51. The Balaban J connectivity index is 1.37. The van der Waals surface area contributed by atoms with Gasteiger partial charge in [0.1, 0.15) is 6.23 Å². The highest BCUT2D eigenvalue weighted by atomic mass is 19.4. The average Bonchev–Trinajstić information content (AvgIpc) is 3.25. The number of amides is 1. The van der Waals surface area contributed by atoms with Crippen LogP contribution in [0.4, 0.5) is 26.3 Å². The van der Waals surface area contributed by atoms with Gasteiger partial charge in [0, 0.05) is 50.1 Å². The zero-order valence-corrected chi connectivity index (χ0v) is 21.8. The number of alkyl halides is 6. The molecule has 0 aromatic heterocycles. The number of nitrogens with two attached hydrogens (primary N) is 1. The van der Waals surface area contributed by atoms with Crippen LogP contribution in [0.3, 0.4) is 0 Å². The average molecular weight is 573 g/mol. The molecule has 0 aromatic rings. The minimum absolute atomic E-state index is 0.00228. The quantitative estimate of drug-likeness (QED) is 0.298. The molecule has 39 heavy (non-hydrogen) atoms. The van der Waals surface area contributed by atoms with Crippen LogP contribution in [-0.2, 0) is 9.53 Å². The Bertz CT molecular complexity index is 910. The number of aliphatic hydroxyl groups is 1.